The molecule has 0 radical (unpaired) electrons. The molecule has 132 valence electrons. The summed E-state index contributed by atoms with van der Waals surface area (Å²) >= 11 is 0. The average Bonchev–Trinajstić information content (AvgIpc) is 2.69. The van der Waals surface area contributed by atoms with Crippen molar-refractivity contribution in [2.75, 3.05) is 26.2 Å². The van der Waals surface area contributed by atoms with Gasteiger partial charge in [-0.3, -0.25) is 9.59 Å². The van der Waals surface area contributed by atoms with Gasteiger partial charge < -0.3 is 9.80 Å². The molecule has 1 aliphatic rings. The lowest BCUT2D eigenvalue weighted by molar-refractivity contribution is -0.917. The maximum absolute atomic E-state index is 12.5. The molecule has 1 aliphatic heterocycles. The molecule has 0 aliphatic carbocycles. The van der Waals surface area contributed by atoms with Crippen LogP contribution in [0.4, 0.5) is 0 Å². The summed E-state index contributed by atoms with van der Waals surface area (Å²) in [5.74, 6) is -0.120. The number of H-pyrrole nitrogens is 1. The third-order valence-electron chi connectivity index (χ3n) is 4.98. The van der Waals surface area contributed by atoms with E-state index in [9.17, 15) is 9.59 Å². The van der Waals surface area contributed by atoms with Gasteiger partial charge in [-0.05, 0) is 16.8 Å². The van der Waals surface area contributed by atoms with E-state index < -0.39 is 0 Å². The lowest BCUT2D eigenvalue weighted by Gasteiger charge is -2.32. The van der Waals surface area contributed by atoms with Crippen molar-refractivity contribution in [1.82, 2.24) is 15.1 Å². The number of nitrogens with one attached hydrogen (secondary N) is 2. The molecule has 1 aromatic heterocycles. The summed E-state index contributed by atoms with van der Waals surface area (Å²) in [5, 5.41) is 8.73. The van der Waals surface area contributed by atoms with Crippen LogP contribution in [-0.2, 0) is 6.54 Å². The van der Waals surface area contributed by atoms with Gasteiger partial charge in [0.1, 0.15) is 12.2 Å². The topological polar surface area (TPSA) is 70.5 Å². The number of amides is 1. The number of nitrogens with zero attached hydrogens (tertiary/aromatic N) is 2. The van der Waals surface area contributed by atoms with E-state index in [1.807, 2.05) is 4.90 Å². The van der Waals surface area contributed by atoms with E-state index in [1.165, 1.54) is 33.4 Å². The third-order valence-corrected chi connectivity index (χ3v) is 4.98. The Morgan fingerprint density at radius 3 is 2.58 bits per heavy atom. The Balaban J connectivity index is 1.41. The highest BCUT2D eigenvalue weighted by Gasteiger charge is 2.25. The first-order valence-electron chi connectivity index (χ1n) is 8.86. The summed E-state index contributed by atoms with van der Waals surface area (Å²) in [6.45, 7) is 4.15. The van der Waals surface area contributed by atoms with Crippen LogP contribution < -0.4 is 10.5 Å². The van der Waals surface area contributed by atoms with Crippen LogP contribution >= 0.6 is 0 Å². The Kier molecular flexibility index (Phi) is 4.50. The molecule has 2 aromatic carbocycles. The van der Waals surface area contributed by atoms with Crippen LogP contribution in [0.25, 0.3) is 10.8 Å². The molecule has 0 bridgehead atoms. The molecule has 26 heavy (non-hydrogen) atoms. The minimum atomic E-state index is -0.300. The van der Waals surface area contributed by atoms with Gasteiger partial charge in [-0.25, -0.2) is 5.10 Å². The Labute approximate surface area is 151 Å². The smallest absolute Gasteiger partial charge is 0.274 e. The molecule has 1 saturated heterocycles. The largest absolute Gasteiger partial charge is 0.328 e. The number of hydrogen-bond donors (Lipinski definition) is 2. The van der Waals surface area contributed by atoms with Crippen molar-refractivity contribution in [2.24, 2.45) is 0 Å². The number of rotatable bonds is 3. The molecule has 0 spiro atoms. The number of aromatic nitrogens is 2. The minimum Gasteiger partial charge on any atom is -0.328 e. The molecule has 0 unspecified atom stereocenters. The summed E-state index contributed by atoms with van der Waals surface area (Å²) in [4.78, 5) is 26.9. The summed E-state index contributed by atoms with van der Waals surface area (Å²) in [6.07, 6.45) is 0. The van der Waals surface area contributed by atoms with Crippen LogP contribution in [0.15, 0.2) is 59.4 Å². The third kappa shape index (κ3) is 3.36. The van der Waals surface area contributed by atoms with Crippen LogP contribution in [0.5, 0.6) is 0 Å². The highest BCUT2D eigenvalue weighted by molar-refractivity contribution is 5.92. The highest BCUT2D eigenvalue weighted by Crippen LogP contribution is 2.17. The standard InChI is InChI=1S/C20H20N4O2/c25-19-9-8-18(21-22-19)20(26)24-12-10-23(11-13-24)14-16-6-3-5-15-4-1-2-7-17(15)16/h1-9H,10-14H2,(H,22,25)/p+1. The quantitative estimate of drug-likeness (QED) is 0.722. The van der Waals surface area contributed by atoms with Crippen LogP contribution in [0, 0.1) is 0 Å². The summed E-state index contributed by atoms with van der Waals surface area (Å²) in [6, 6.07) is 17.7. The van der Waals surface area contributed by atoms with Crippen molar-refractivity contribution in [1.29, 1.82) is 0 Å². The fourth-order valence-corrected chi connectivity index (χ4v) is 3.54. The zero-order chi connectivity index (χ0) is 17.9. The first-order valence-corrected chi connectivity index (χ1v) is 8.86. The maximum Gasteiger partial charge on any atom is 0.274 e. The molecule has 4 rings (SSSR count). The van der Waals surface area contributed by atoms with Crippen molar-refractivity contribution in [3.05, 3.63) is 76.2 Å². The second-order valence-electron chi connectivity index (χ2n) is 6.66. The van der Waals surface area contributed by atoms with Crippen molar-refractivity contribution >= 4 is 16.7 Å². The van der Waals surface area contributed by atoms with E-state index in [0.29, 0.717) is 18.8 Å². The SMILES string of the molecule is O=C(c1ccc(=O)[nH]n1)N1CC[NH+](Cc2cccc3ccccc23)CC1. The lowest BCUT2D eigenvalue weighted by Crippen LogP contribution is -3.13. The van der Waals surface area contributed by atoms with Crippen molar-refractivity contribution in [2.45, 2.75) is 6.54 Å². The summed E-state index contributed by atoms with van der Waals surface area (Å²) in [7, 11) is 0. The van der Waals surface area contributed by atoms with E-state index in [-0.39, 0.29) is 11.5 Å². The van der Waals surface area contributed by atoms with Crippen LogP contribution in [0.2, 0.25) is 0 Å². The fourth-order valence-electron chi connectivity index (χ4n) is 3.54. The molecule has 3 aromatic rings. The molecule has 0 atom stereocenters. The number of carbonyl (C=O) groups excluding carboxylic acids is 1. The zero-order valence-electron chi connectivity index (χ0n) is 14.4. The van der Waals surface area contributed by atoms with Gasteiger partial charge in [0.05, 0.1) is 26.2 Å². The van der Waals surface area contributed by atoms with Crippen LogP contribution in [0.3, 0.4) is 0 Å². The zero-order valence-corrected chi connectivity index (χ0v) is 14.4. The van der Waals surface area contributed by atoms with Crippen molar-refractivity contribution in [3.8, 4) is 0 Å². The molecule has 2 heterocycles. The first-order chi connectivity index (χ1) is 12.7. The molecule has 1 amide bonds. The maximum atomic E-state index is 12.5. The Hall–Kier alpha value is -2.99. The summed E-state index contributed by atoms with van der Waals surface area (Å²) < 4.78 is 0. The van der Waals surface area contributed by atoms with E-state index in [2.05, 4.69) is 52.7 Å². The van der Waals surface area contributed by atoms with Crippen molar-refractivity contribution in [3.63, 3.8) is 0 Å². The van der Waals surface area contributed by atoms with Gasteiger partial charge in [0.15, 0.2) is 0 Å². The van der Waals surface area contributed by atoms with Gasteiger partial charge in [-0.2, -0.15) is 5.10 Å². The van der Waals surface area contributed by atoms with E-state index in [4.69, 9.17) is 0 Å². The second-order valence-corrected chi connectivity index (χ2v) is 6.66. The lowest BCUT2D eigenvalue weighted by atomic mass is 10.0. The molecule has 0 saturated carbocycles. The summed E-state index contributed by atoms with van der Waals surface area (Å²) in [5.41, 5.74) is 1.34. The highest BCUT2D eigenvalue weighted by atomic mass is 16.2. The number of piperazine rings is 1. The van der Waals surface area contributed by atoms with Gasteiger partial charge in [-0.1, -0.05) is 42.5 Å². The second kappa shape index (κ2) is 7.09. The number of aromatic amines is 1. The van der Waals surface area contributed by atoms with Gasteiger partial charge in [0, 0.05) is 11.6 Å². The molecule has 6 heteroatoms. The molecule has 2 N–H and O–H groups in total. The predicted octanol–water partition coefficient (Wildman–Crippen LogP) is 0.464. The molecular weight excluding hydrogens is 328 g/mol. The van der Waals surface area contributed by atoms with E-state index in [0.717, 1.165) is 19.6 Å². The van der Waals surface area contributed by atoms with Crippen LogP contribution in [-0.4, -0.2) is 47.2 Å². The number of hydrogen-bond acceptors (Lipinski definition) is 3. The number of quaternary nitrogens is 1. The number of benzene rings is 2. The minimum absolute atomic E-state index is 0.120. The van der Waals surface area contributed by atoms with E-state index >= 15 is 0 Å². The van der Waals surface area contributed by atoms with Gasteiger partial charge in [-0.15, -0.1) is 0 Å². The molecule has 1 fully saturated rings. The van der Waals surface area contributed by atoms with Gasteiger partial charge in [0.25, 0.3) is 11.5 Å². The molecular formula is C20H21N4O2+. The van der Waals surface area contributed by atoms with E-state index in [1.54, 1.807) is 0 Å². The first kappa shape index (κ1) is 16.5. The van der Waals surface area contributed by atoms with Crippen LogP contribution in [0.1, 0.15) is 16.1 Å². The van der Waals surface area contributed by atoms with Gasteiger partial charge in [0.2, 0.25) is 0 Å². The Morgan fingerprint density at radius 1 is 1.04 bits per heavy atom. The number of fused-ring (bicyclic) bond motifs is 1. The monoisotopic (exact) mass is 349 g/mol. The van der Waals surface area contributed by atoms with Crippen molar-refractivity contribution < 1.29 is 9.69 Å². The predicted molar refractivity (Wildman–Crippen MR) is 99.1 cm³/mol. The number of carbonyl (C=O) groups is 1. The fraction of sp³-hybridized carbons (Fsp3) is 0.250. The Bertz CT molecular complexity index is 965. The molecule has 6 nitrogen and oxygen atoms in total. The van der Waals surface area contributed by atoms with Gasteiger partial charge >= 0.3 is 0 Å². The Morgan fingerprint density at radius 2 is 1.81 bits per heavy atom. The normalized spacial score (nSPS) is 15.3. The average molecular weight is 349 g/mol.